The van der Waals surface area contributed by atoms with E-state index in [0.29, 0.717) is 6.04 Å². The second kappa shape index (κ2) is 5.18. The third kappa shape index (κ3) is 2.65. The minimum Gasteiger partial charge on any atom is -0.304 e. The summed E-state index contributed by atoms with van der Waals surface area (Å²) in [5.74, 6) is 0. The van der Waals surface area contributed by atoms with Crippen molar-refractivity contribution in [3.8, 4) is 0 Å². The van der Waals surface area contributed by atoms with Crippen molar-refractivity contribution in [3.63, 3.8) is 0 Å². The van der Waals surface area contributed by atoms with Crippen LogP contribution in [0.4, 0.5) is 0 Å². The number of nitrogens with one attached hydrogen (secondary N) is 1. The number of hydrogen-bond donors (Lipinski definition) is 1. The molecule has 3 nitrogen and oxygen atoms in total. The molecule has 0 aliphatic heterocycles. The van der Waals surface area contributed by atoms with Crippen molar-refractivity contribution in [1.29, 1.82) is 0 Å². The van der Waals surface area contributed by atoms with Gasteiger partial charge in [0.05, 0.1) is 5.69 Å². The molecule has 0 radical (unpaired) electrons. The maximum absolute atomic E-state index is 4.01. The van der Waals surface area contributed by atoms with Gasteiger partial charge in [-0.15, -0.1) is 5.10 Å². The minimum absolute atomic E-state index is 0.336. The van der Waals surface area contributed by atoms with Crippen LogP contribution < -0.4 is 5.32 Å². The maximum atomic E-state index is 4.01. The molecule has 0 amide bonds. The Balaban J connectivity index is 1.98. The predicted molar refractivity (Wildman–Crippen MR) is 66.3 cm³/mol. The van der Waals surface area contributed by atoms with Gasteiger partial charge in [0.25, 0.3) is 0 Å². The highest BCUT2D eigenvalue weighted by Crippen LogP contribution is 2.16. The van der Waals surface area contributed by atoms with Crippen LogP contribution in [0.3, 0.4) is 0 Å². The molecule has 1 aromatic heterocycles. The average molecular weight is 233 g/mol. The SMILES string of the molecule is Cc1ccccc1[C@H](C)NCc1csnn1. The summed E-state index contributed by atoms with van der Waals surface area (Å²) >= 11 is 1.39. The molecule has 84 valence electrons. The van der Waals surface area contributed by atoms with Crippen molar-refractivity contribution in [1.82, 2.24) is 14.9 Å². The molecule has 2 rings (SSSR count). The van der Waals surface area contributed by atoms with Gasteiger partial charge in [-0.2, -0.15) is 0 Å². The quantitative estimate of drug-likeness (QED) is 0.882. The van der Waals surface area contributed by atoms with Crippen molar-refractivity contribution in [2.45, 2.75) is 26.4 Å². The van der Waals surface area contributed by atoms with Gasteiger partial charge in [-0.1, -0.05) is 28.8 Å². The first-order valence-electron chi connectivity index (χ1n) is 5.32. The summed E-state index contributed by atoms with van der Waals surface area (Å²) in [6.45, 7) is 5.08. The summed E-state index contributed by atoms with van der Waals surface area (Å²) < 4.78 is 3.84. The third-order valence-electron chi connectivity index (χ3n) is 2.65. The lowest BCUT2D eigenvalue weighted by Gasteiger charge is -2.15. The molecule has 0 saturated heterocycles. The van der Waals surface area contributed by atoms with Crippen molar-refractivity contribution >= 4 is 11.5 Å². The van der Waals surface area contributed by atoms with Gasteiger partial charge < -0.3 is 5.32 Å². The van der Waals surface area contributed by atoms with Crippen LogP contribution in [0.25, 0.3) is 0 Å². The smallest absolute Gasteiger partial charge is 0.0893 e. The monoisotopic (exact) mass is 233 g/mol. The highest BCUT2D eigenvalue weighted by molar-refractivity contribution is 7.03. The zero-order chi connectivity index (χ0) is 11.4. The standard InChI is InChI=1S/C12H15N3S/c1-9-5-3-4-6-12(9)10(2)13-7-11-8-16-15-14-11/h3-6,8,10,13H,7H2,1-2H3/t10-/m0/s1. The molecule has 0 fully saturated rings. The van der Waals surface area contributed by atoms with E-state index in [1.807, 2.05) is 5.38 Å². The zero-order valence-corrected chi connectivity index (χ0v) is 10.3. The van der Waals surface area contributed by atoms with Crippen LogP contribution >= 0.6 is 11.5 Å². The van der Waals surface area contributed by atoms with Gasteiger partial charge in [-0.25, -0.2) is 0 Å². The van der Waals surface area contributed by atoms with Gasteiger partial charge in [0, 0.05) is 18.0 Å². The average Bonchev–Trinajstić information content (AvgIpc) is 2.79. The summed E-state index contributed by atoms with van der Waals surface area (Å²) in [7, 11) is 0. The molecule has 0 unspecified atom stereocenters. The minimum atomic E-state index is 0.336. The van der Waals surface area contributed by atoms with Crippen LogP contribution in [0.15, 0.2) is 29.6 Å². The molecule has 1 atom stereocenters. The van der Waals surface area contributed by atoms with E-state index < -0.39 is 0 Å². The topological polar surface area (TPSA) is 37.8 Å². The molecule has 0 spiro atoms. The molecule has 0 bridgehead atoms. The molecular formula is C12H15N3S. The Morgan fingerprint density at radius 2 is 2.19 bits per heavy atom. The lowest BCUT2D eigenvalue weighted by atomic mass is 10.0. The highest BCUT2D eigenvalue weighted by Gasteiger charge is 2.07. The highest BCUT2D eigenvalue weighted by atomic mass is 32.1. The Morgan fingerprint density at radius 3 is 2.88 bits per heavy atom. The number of benzene rings is 1. The van der Waals surface area contributed by atoms with E-state index in [-0.39, 0.29) is 0 Å². The van der Waals surface area contributed by atoms with Gasteiger partial charge in [-0.05, 0) is 36.5 Å². The van der Waals surface area contributed by atoms with Crippen LogP contribution in [0.2, 0.25) is 0 Å². The Labute approximate surface area is 99.7 Å². The Morgan fingerprint density at radius 1 is 1.38 bits per heavy atom. The molecule has 0 saturated carbocycles. The first kappa shape index (κ1) is 11.2. The van der Waals surface area contributed by atoms with E-state index in [4.69, 9.17) is 0 Å². The van der Waals surface area contributed by atoms with Crippen LogP contribution in [0, 0.1) is 6.92 Å². The largest absolute Gasteiger partial charge is 0.304 e. The first-order valence-corrected chi connectivity index (χ1v) is 6.16. The van der Waals surface area contributed by atoms with Crippen LogP contribution in [0.1, 0.15) is 29.8 Å². The molecule has 16 heavy (non-hydrogen) atoms. The summed E-state index contributed by atoms with van der Waals surface area (Å²) in [5, 5.41) is 9.43. The summed E-state index contributed by atoms with van der Waals surface area (Å²) in [4.78, 5) is 0. The van der Waals surface area contributed by atoms with E-state index in [1.54, 1.807) is 0 Å². The number of nitrogens with zero attached hydrogens (tertiary/aromatic N) is 2. The van der Waals surface area contributed by atoms with E-state index in [0.717, 1.165) is 12.2 Å². The molecule has 1 aromatic carbocycles. The number of rotatable bonds is 4. The third-order valence-corrected chi connectivity index (χ3v) is 3.20. The summed E-state index contributed by atoms with van der Waals surface area (Å²) in [5.41, 5.74) is 3.66. The fourth-order valence-corrected chi connectivity index (χ4v) is 2.15. The molecule has 0 aliphatic rings. The van der Waals surface area contributed by atoms with Gasteiger partial charge in [0.15, 0.2) is 0 Å². The van der Waals surface area contributed by atoms with Crippen molar-refractivity contribution < 1.29 is 0 Å². The fraction of sp³-hybridized carbons (Fsp3) is 0.333. The second-order valence-corrected chi connectivity index (χ2v) is 4.47. The summed E-state index contributed by atoms with van der Waals surface area (Å²) in [6.07, 6.45) is 0. The molecule has 0 aliphatic carbocycles. The Bertz CT molecular complexity index is 439. The van der Waals surface area contributed by atoms with Gasteiger partial charge in [0.2, 0.25) is 0 Å². The van der Waals surface area contributed by atoms with E-state index in [9.17, 15) is 0 Å². The molecule has 1 heterocycles. The van der Waals surface area contributed by atoms with Gasteiger partial charge >= 0.3 is 0 Å². The van der Waals surface area contributed by atoms with Crippen molar-refractivity contribution in [2.24, 2.45) is 0 Å². The molecular weight excluding hydrogens is 218 g/mol. The summed E-state index contributed by atoms with van der Waals surface area (Å²) in [6, 6.07) is 8.77. The van der Waals surface area contributed by atoms with Crippen molar-refractivity contribution in [2.75, 3.05) is 0 Å². The second-order valence-electron chi connectivity index (χ2n) is 3.86. The lowest BCUT2D eigenvalue weighted by molar-refractivity contribution is 0.565. The lowest BCUT2D eigenvalue weighted by Crippen LogP contribution is -2.19. The zero-order valence-electron chi connectivity index (χ0n) is 9.47. The van der Waals surface area contributed by atoms with Crippen LogP contribution in [-0.2, 0) is 6.54 Å². The molecule has 4 heteroatoms. The predicted octanol–water partition coefficient (Wildman–Crippen LogP) is 2.70. The molecule has 1 N–H and O–H groups in total. The van der Waals surface area contributed by atoms with Gasteiger partial charge in [0.1, 0.15) is 0 Å². The van der Waals surface area contributed by atoms with Gasteiger partial charge in [-0.3, -0.25) is 0 Å². The Hall–Kier alpha value is -1.26. The van der Waals surface area contributed by atoms with E-state index >= 15 is 0 Å². The fourth-order valence-electron chi connectivity index (χ4n) is 1.70. The van der Waals surface area contributed by atoms with Crippen LogP contribution in [-0.4, -0.2) is 9.59 Å². The number of aryl methyl sites for hydroxylation is 1. The molecule has 2 aromatic rings. The van der Waals surface area contributed by atoms with E-state index in [1.165, 1.54) is 22.7 Å². The Kier molecular flexibility index (Phi) is 3.64. The van der Waals surface area contributed by atoms with Crippen molar-refractivity contribution in [3.05, 3.63) is 46.5 Å². The number of aromatic nitrogens is 2. The van der Waals surface area contributed by atoms with Crippen LogP contribution in [0.5, 0.6) is 0 Å². The first-order chi connectivity index (χ1) is 7.77. The normalized spacial score (nSPS) is 12.6. The maximum Gasteiger partial charge on any atom is 0.0893 e. The van der Waals surface area contributed by atoms with E-state index in [2.05, 4.69) is 53.0 Å². The number of hydrogen-bond acceptors (Lipinski definition) is 4.